The van der Waals surface area contributed by atoms with E-state index in [0.29, 0.717) is 13.2 Å². The summed E-state index contributed by atoms with van der Waals surface area (Å²) in [4.78, 5) is 0. The average Bonchev–Trinajstić information content (AvgIpc) is 2.28. The Morgan fingerprint density at radius 1 is 1.59 bits per heavy atom. The van der Waals surface area contributed by atoms with Crippen molar-refractivity contribution < 1.29 is 14.6 Å². The average molecular weight is 302 g/mol. The Labute approximate surface area is 109 Å². The molecule has 1 unspecified atom stereocenters. The van der Waals surface area contributed by atoms with Crippen LogP contribution < -0.4 is 10.5 Å². The van der Waals surface area contributed by atoms with Crippen molar-refractivity contribution in [2.24, 2.45) is 11.1 Å². The number of nitrogens with two attached hydrogens (primary N) is 1. The van der Waals surface area contributed by atoms with Crippen LogP contribution in [0.5, 0.6) is 5.75 Å². The van der Waals surface area contributed by atoms with Gasteiger partial charge < -0.3 is 20.3 Å². The largest absolute Gasteiger partial charge is 0.496 e. The molecular weight excluding hydrogens is 286 g/mol. The fourth-order valence-electron chi connectivity index (χ4n) is 2.01. The first-order valence-corrected chi connectivity index (χ1v) is 6.20. The molecule has 1 atom stereocenters. The minimum atomic E-state index is -0.381. The van der Waals surface area contributed by atoms with E-state index in [1.165, 1.54) is 0 Å². The van der Waals surface area contributed by atoms with Crippen LogP contribution in [0.4, 0.5) is 0 Å². The van der Waals surface area contributed by atoms with Gasteiger partial charge >= 0.3 is 0 Å². The van der Waals surface area contributed by atoms with E-state index >= 15 is 0 Å². The number of halogens is 1. The summed E-state index contributed by atoms with van der Waals surface area (Å²) in [7, 11) is 1.61. The lowest BCUT2D eigenvalue weighted by Gasteiger charge is -2.44. The molecule has 3 N–H and O–H groups in total. The fourth-order valence-corrected chi connectivity index (χ4v) is 2.39. The molecule has 5 heteroatoms. The van der Waals surface area contributed by atoms with Crippen LogP contribution in [0, 0.1) is 5.41 Å². The summed E-state index contributed by atoms with van der Waals surface area (Å²) in [6.07, 6.45) is 0. The Kier molecular flexibility index (Phi) is 3.73. The van der Waals surface area contributed by atoms with Crippen molar-refractivity contribution in [1.29, 1.82) is 0 Å². The standard InChI is InChI=1S/C12H16BrNO3/c1-16-10-3-2-8(13)4-9(10)11(14)12(5-15)6-17-7-12/h2-4,11,15H,5-7,14H2,1H3. The molecule has 0 aromatic heterocycles. The van der Waals surface area contributed by atoms with Gasteiger partial charge in [-0.3, -0.25) is 0 Å². The minimum absolute atomic E-state index is 0.0177. The summed E-state index contributed by atoms with van der Waals surface area (Å²) in [5, 5.41) is 9.49. The van der Waals surface area contributed by atoms with E-state index in [0.717, 1.165) is 15.8 Å². The predicted molar refractivity (Wildman–Crippen MR) is 68.0 cm³/mol. The van der Waals surface area contributed by atoms with Crippen molar-refractivity contribution in [3.63, 3.8) is 0 Å². The minimum Gasteiger partial charge on any atom is -0.496 e. The van der Waals surface area contributed by atoms with Crippen LogP contribution in [0.1, 0.15) is 11.6 Å². The van der Waals surface area contributed by atoms with Crippen LogP contribution in [0.3, 0.4) is 0 Å². The zero-order valence-corrected chi connectivity index (χ0v) is 11.2. The van der Waals surface area contributed by atoms with Gasteiger partial charge in [-0.15, -0.1) is 0 Å². The van der Waals surface area contributed by atoms with Gasteiger partial charge in [0.2, 0.25) is 0 Å². The third-order valence-corrected chi connectivity index (χ3v) is 3.77. The maximum Gasteiger partial charge on any atom is 0.123 e. The summed E-state index contributed by atoms with van der Waals surface area (Å²) < 4.78 is 11.4. The molecule has 0 saturated carbocycles. The molecule has 0 amide bonds. The number of hydrogen-bond donors (Lipinski definition) is 2. The Balaban J connectivity index is 2.35. The number of hydrogen-bond acceptors (Lipinski definition) is 4. The highest BCUT2D eigenvalue weighted by molar-refractivity contribution is 9.10. The third kappa shape index (κ3) is 2.20. The molecule has 2 rings (SSSR count). The normalized spacial score (nSPS) is 19.5. The van der Waals surface area contributed by atoms with Gasteiger partial charge in [0, 0.05) is 16.1 Å². The quantitative estimate of drug-likeness (QED) is 0.884. The Hall–Kier alpha value is -0.620. The SMILES string of the molecule is COc1ccc(Br)cc1C(N)C1(CO)COC1. The van der Waals surface area contributed by atoms with Crippen molar-refractivity contribution in [2.75, 3.05) is 26.9 Å². The maximum absolute atomic E-state index is 9.49. The highest BCUT2D eigenvalue weighted by atomic mass is 79.9. The maximum atomic E-state index is 9.49. The van der Waals surface area contributed by atoms with E-state index in [1.54, 1.807) is 7.11 Å². The first-order valence-electron chi connectivity index (χ1n) is 5.40. The second-order valence-electron chi connectivity index (χ2n) is 4.38. The van der Waals surface area contributed by atoms with Crippen molar-refractivity contribution in [3.8, 4) is 5.75 Å². The number of benzene rings is 1. The van der Waals surface area contributed by atoms with Gasteiger partial charge in [0.15, 0.2) is 0 Å². The number of methoxy groups -OCH3 is 1. The highest BCUT2D eigenvalue weighted by Gasteiger charge is 2.45. The molecule has 1 aliphatic rings. The lowest BCUT2D eigenvalue weighted by molar-refractivity contribution is -0.150. The highest BCUT2D eigenvalue weighted by Crippen LogP contribution is 2.42. The number of aliphatic hydroxyl groups is 1. The van der Waals surface area contributed by atoms with Crippen LogP contribution >= 0.6 is 15.9 Å². The zero-order valence-electron chi connectivity index (χ0n) is 9.65. The lowest BCUT2D eigenvalue weighted by Crippen LogP contribution is -2.52. The summed E-state index contributed by atoms with van der Waals surface area (Å²) in [5.74, 6) is 0.737. The van der Waals surface area contributed by atoms with E-state index in [1.807, 2.05) is 18.2 Å². The second-order valence-corrected chi connectivity index (χ2v) is 5.29. The van der Waals surface area contributed by atoms with Gasteiger partial charge in [-0.2, -0.15) is 0 Å². The molecule has 94 valence electrons. The molecule has 4 nitrogen and oxygen atoms in total. The van der Waals surface area contributed by atoms with Crippen LogP contribution in [0.2, 0.25) is 0 Å². The lowest BCUT2D eigenvalue weighted by atomic mass is 9.76. The van der Waals surface area contributed by atoms with E-state index in [-0.39, 0.29) is 18.1 Å². The number of ether oxygens (including phenoxy) is 2. The van der Waals surface area contributed by atoms with E-state index in [9.17, 15) is 5.11 Å². The van der Waals surface area contributed by atoms with Gasteiger partial charge in [0.25, 0.3) is 0 Å². The number of rotatable bonds is 4. The summed E-state index contributed by atoms with van der Waals surface area (Å²) in [6.45, 7) is 0.991. The molecule has 0 spiro atoms. The molecule has 17 heavy (non-hydrogen) atoms. The molecule has 0 bridgehead atoms. The third-order valence-electron chi connectivity index (χ3n) is 3.28. The van der Waals surface area contributed by atoms with E-state index in [4.69, 9.17) is 15.2 Å². The number of aliphatic hydroxyl groups excluding tert-OH is 1. The van der Waals surface area contributed by atoms with Gasteiger partial charge in [-0.1, -0.05) is 15.9 Å². The molecule has 1 aromatic rings. The topological polar surface area (TPSA) is 64.7 Å². The van der Waals surface area contributed by atoms with Crippen LogP contribution in [0.15, 0.2) is 22.7 Å². The van der Waals surface area contributed by atoms with Crippen LogP contribution in [-0.2, 0) is 4.74 Å². The van der Waals surface area contributed by atoms with E-state index in [2.05, 4.69) is 15.9 Å². The summed E-state index contributed by atoms with van der Waals surface area (Å²) in [5.41, 5.74) is 6.76. The Morgan fingerprint density at radius 3 is 2.76 bits per heavy atom. The fraction of sp³-hybridized carbons (Fsp3) is 0.500. The predicted octanol–water partition coefficient (Wildman–Crippen LogP) is 1.47. The second kappa shape index (κ2) is 4.94. The zero-order chi connectivity index (χ0) is 12.5. The smallest absolute Gasteiger partial charge is 0.123 e. The first-order chi connectivity index (χ1) is 8.13. The Bertz CT molecular complexity index is 401. The van der Waals surface area contributed by atoms with Crippen molar-refractivity contribution in [1.82, 2.24) is 0 Å². The van der Waals surface area contributed by atoms with Crippen molar-refractivity contribution >= 4 is 15.9 Å². The van der Waals surface area contributed by atoms with Crippen LogP contribution in [-0.4, -0.2) is 32.0 Å². The van der Waals surface area contributed by atoms with Gasteiger partial charge in [-0.25, -0.2) is 0 Å². The van der Waals surface area contributed by atoms with Gasteiger partial charge in [0.1, 0.15) is 5.75 Å². The molecule has 0 radical (unpaired) electrons. The molecule has 1 heterocycles. The molecule has 1 fully saturated rings. The van der Waals surface area contributed by atoms with Gasteiger partial charge in [0.05, 0.1) is 32.3 Å². The first kappa shape index (κ1) is 12.8. The molecule has 1 aliphatic heterocycles. The molecule has 1 aromatic carbocycles. The van der Waals surface area contributed by atoms with Crippen molar-refractivity contribution in [2.45, 2.75) is 6.04 Å². The molecule has 0 aliphatic carbocycles. The van der Waals surface area contributed by atoms with Gasteiger partial charge in [-0.05, 0) is 18.2 Å². The summed E-state index contributed by atoms with van der Waals surface area (Å²) in [6, 6.07) is 5.40. The molecule has 1 saturated heterocycles. The Morgan fingerprint density at radius 2 is 2.29 bits per heavy atom. The molecular formula is C12H16BrNO3. The van der Waals surface area contributed by atoms with E-state index < -0.39 is 0 Å². The summed E-state index contributed by atoms with van der Waals surface area (Å²) >= 11 is 3.42. The van der Waals surface area contributed by atoms with Crippen LogP contribution in [0.25, 0.3) is 0 Å². The monoisotopic (exact) mass is 301 g/mol. The van der Waals surface area contributed by atoms with Crippen molar-refractivity contribution in [3.05, 3.63) is 28.2 Å².